The van der Waals surface area contributed by atoms with Crippen molar-refractivity contribution in [2.45, 2.75) is 51.2 Å². The van der Waals surface area contributed by atoms with Gasteiger partial charge in [-0.2, -0.15) is 0 Å². The fourth-order valence-electron chi connectivity index (χ4n) is 3.57. The number of ether oxygens (including phenoxy) is 1. The number of hydrogen-bond acceptors (Lipinski definition) is 4. The Morgan fingerprint density at radius 2 is 2.12 bits per heavy atom. The van der Waals surface area contributed by atoms with Crippen molar-refractivity contribution in [3.05, 3.63) is 29.8 Å². The van der Waals surface area contributed by atoms with E-state index in [2.05, 4.69) is 49.6 Å². The minimum absolute atomic E-state index is 0.141. The third kappa shape index (κ3) is 4.07. The number of nitrogens with zero attached hydrogens (tertiary/aromatic N) is 2. The number of carbonyl (C=O) groups is 1. The molecular formula is C20H30N4O2. The Hall–Kier alpha value is -1.92. The summed E-state index contributed by atoms with van der Waals surface area (Å²) in [6.45, 7) is 8.88. The molecule has 0 bridgehead atoms. The Morgan fingerprint density at radius 1 is 1.35 bits per heavy atom. The number of para-hydroxylation sites is 1. The lowest BCUT2D eigenvalue weighted by molar-refractivity contribution is -0.131. The van der Waals surface area contributed by atoms with Crippen LogP contribution in [0.15, 0.2) is 29.3 Å². The molecule has 6 heteroatoms. The van der Waals surface area contributed by atoms with Crippen LogP contribution in [0, 0.1) is 0 Å². The van der Waals surface area contributed by atoms with Gasteiger partial charge in [-0.05, 0) is 38.8 Å². The summed E-state index contributed by atoms with van der Waals surface area (Å²) in [4.78, 5) is 19.4. The van der Waals surface area contributed by atoms with Crippen molar-refractivity contribution in [2.75, 3.05) is 32.1 Å². The molecule has 1 spiro atoms. The van der Waals surface area contributed by atoms with Gasteiger partial charge in [0, 0.05) is 32.4 Å². The fraction of sp³-hybridized carbons (Fsp3) is 0.600. The number of fused-ring (bicyclic) bond motifs is 1. The second kappa shape index (κ2) is 7.37. The first-order valence-corrected chi connectivity index (χ1v) is 9.30. The van der Waals surface area contributed by atoms with Crippen molar-refractivity contribution < 1.29 is 9.53 Å². The third-order valence-electron chi connectivity index (χ3n) is 4.93. The largest absolute Gasteiger partial charge is 0.384 e. The van der Waals surface area contributed by atoms with E-state index >= 15 is 0 Å². The van der Waals surface area contributed by atoms with Gasteiger partial charge < -0.3 is 15.0 Å². The van der Waals surface area contributed by atoms with E-state index in [1.165, 1.54) is 5.56 Å². The maximum absolute atomic E-state index is 12.5. The maximum atomic E-state index is 12.5. The van der Waals surface area contributed by atoms with Crippen LogP contribution >= 0.6 is 0 Å². The van der Waals surface area contributed by atoms with Crippen molar-refractivity contribution in [3.8, 4) is 0 Å². The molecule has 0 aliphatic carbocycles. The molecule has 6 nitrogen and oxygen atoms in total. The van der Waals surface area contributed by atoms with E-state index in [0.29, 0.717) is 19.6 Å². The molecule has 1 atom stereocenters. The number of aliphatic imine (C=N–C) groups is 1. The van der Waals surface area contributed by atoms with Gasteiger partial charge in [0.25, 0.3) is 0 Å². The lowest BCUT2D eigenvalue weighted by Crippen LogP contribution is -2.56. The molecule has 1 amide bonds. The van der Waals surface area contributed by atoms with E-state index in [0.717, 1.165) is 31.0 Å². The normalized spacial score (nSPS) is 24.5. The number of rotatable bonds is 3. The summed E-state index contributed by atoms with van der Waals surface area (Å²) in [5.74, 6) is 1.07. The lowest BCUT2D eigenvalue weighted by Gasteiger charge is -2.32. The van der Waals surface area contributed by atoms with E-state index < -0.39 is 0 Å². The first-order valence-electron chi connectivity index (χ1n) is 9.30. The number of nitrogens with one attached hydrogen (secondary N) is 2. The predicted octanol–water partition coefficient (Wildman–Crippen LogP) is 2.41. The van der Waals surface area contributed by atoms with Crippen LogP contribution in [-0.2, 0) is 16.1 Å². The minimum atomic E-state index is -0.338. The van der Waals surface area contributed by atoms with Crippen LogP contribution in [-0.4, -0.2) is 54.5 Å². The minimum Gasteiger partial charge on any atom is -0.384 e. The SMILES string of the molecule is COCCC(=O)N1CC[C@@]2(C1)NCc1ccccc1NC2=NC(C)(C)C. The Bertz CT molecular complexity index is 695. The van der Waals surface area contributed by atoms with Crippen molar-refractivity contribution in [3.63, 3.8) is 0 Å². The van der Waals surface area contributed by atoms with Gasteiger partial charge in [0.2, 0.25) is 5.91 Å². The number of benzene rings is 1. The molecule has 3 rings (SSSR count). The number of amides is 1. The summed E-state index contributed by atoms with van der Waals surface area (Å²) >= 11 is 0. The molecule has 0 unspecified atom stereocenters. The first kappa shape index (κ1) is 18.9. The molecule has 2 N–H and O–H groups in total. The number of anilines is 1. The smallest absolute Gasteiger partial charge is 0.224 e. The van der Waals surface area contributed by atoms with Gasteiger partial charge in [0.1, 0.15) is 5.84 Å². The average Bonchev–Trinajstić information content (AvgIpc) is 2.96. The van der Waals surface area contributed by atoms with Crippen molar-refractivity contribution >= 4 is 17.4 Å². The van der Waals surface area contributed by atoms with E-state index in [9.17, 15) is 4.79 Å². The Balaban J connectivity index is 1.89. The second-order valence-electron chi connectivity index (χ2n) is 8.16. The van der Waals surface area contributed by atoms with E-state index in [1.54, 1.807) is 7.11 Å². The molecule has 0 radical (unpaired) electrons. The van der Waals surface area contributed by atoms with Crippen LogP contribution in [0.4, 0.5) is 5.69 Å². The highest BCUT2D eigenvalue weighted by Gasteiger charge is 2.45. The summed E-state index contributed by atoms with van der Waals surface area (Å²) in [5, 5.41) is 7.28. The number of likely N-dealkylation sites (tertiary alicyclic amines) is 1. The Morgan fingerprint density at radius 3 is 2.85 bits per heavy atom. The monoisotopic (exact) mass is 358 g/mol. The highest BCUT2D eigenvalue weighted by molar-refractivity contribution is 6.04. The number of amidine groups is 1. The highest BCUT2D eigenvalue weighted by atomic mass is 16.5. The van der Waals surface area contributed by atoms with E-state index in [4.69, 9.17) is 9.73 Å². The summed E-state index contributed by atoms with van der Waals surface area (Å²) in [5.41, 5.74) is 1.76. The molecule has 26 heavy (non-hydrogen) atoms. The maximum Gasteiger partial charge on any atom is 0.224 e. The van der Waals surface area contributed by atoms with Gasteiger partial charge in [0.15, 0.2) is 0 Å². The van der Waals surface area contributed by atoms with Crippen molar-refractivity contribution in [1.29, 1.82) is 0 Å². The quantitative estimate of drug-likeness (QED) is 0.871. The molecule has 0 saturated carbocycles. The molecular weight excluding hydrogens is 328 g/mol. The zero-order chi connectivity index (χ0) is 18.8. The van der Waals surface area contributed by atoms with Crippen LogP contribution in [0.1, 0.15) is 39.2 Å². The topological polar surface area (TPSA) is 66.0 Å². The molecule has 2 aliphatic heterocycles. The Labute approximate surface area is 156 Å². The molecule has 1 aromatic carbocycles. The molecule has 2 aliphatic rings. The molecule has 2 heterocycles. The highest BCUT2D eigenvalue weighted by Crippen LogP contribution is 2.31. The summed E-state index contributed by atoms with van der Waals surface area (Å²) in [6, 6.07) is 8.30. The average molecular weight is 358 g/mol. The molecule has 1 fully saturated rings. The van der Waals surface area contributed by atoms with Crippen LogP contribution < -0.4 is 10.6 Å². The predicted molar refractivity (Wildman–Crippen MR) is 105 cm³/mol. The van der Waals surface area contributed by atoms with Crippen LogP contribution in [0.3, 0.4) is 0 Å². The number of methoxy groups -OCH3 is 1. The molecule has 142 valence electrons. The molecule has 1 aromatic rings. The van der Waals surface area contributed by atoms with Gasteiger partial charge in [-0.15, -0.1) is 0 Å². The first-order chi connectivity index (χ1) is 12.3. The summed E-state index contributed by atoms with van der Waals surface area (Å²) in [6.07, 6.45) is 1.27. The zero-order valence-corrected chi connectivity index (χ0v) is 16.3. The van der Waals surface area contributed by atoms with Gasteiger partial charge in [-0.25, -0.2) is 0 Å². The summed E-state index contributed by atoms with van der Waals surface area (Å²) in [7, 11) is 1.63. The van der Waals surface area contributed by atoms with Crippen LogP contribution in [0.5, 0.6) is 0 Å². The third-order valence-corrected chi connectivity index (χ3v) is 4.93. The van der Waals surface area contributed by atoms with Crippen LogP contribution in [0.2, 0.25) is 0 Å². The Kier molecular flexibility index (Phi) is 5.34. The van der Waals surface area contributed by atoms with Gasteiger partial charge in [0.05, 0.1) is 24.1 Å². The van der Waals surface area contributed by atoms with Crippen molar-refractivity contribution in [2.24, 2.45) is 4.99 Å². The summed E-state index contributed by atoms with van der Waals surface area (Å²) < 4.78 is 5.06. The molecule has 0 aromatic heterocycles. The standard InChI is InChI=1S/C20H30N4O2/c1-19(2,3)23-18-20(10-11-24(14-20)17(25)9-12-26-4)21-13-15-7-5-6-8-16(15)22-18/h5-8,21H,9-14H2,1-4H3,(H,22,23)/t20-/m0/s1. The van der Waals surface area contributed by atoms with Crippen molar-refractivity contribution in [1.82, 2.24) is 10.2 Å². The lowest BCUT2D eigenvalue weighted by atomic mass is 9.95. The fourth-order valence-corrected chi connectivity index (χ4v) is 3.57. The van der Waals surface area contributed by atoms with Gasteiger partial charge in [-0.3, -0.25) is 15.1 Å². The van der Waals surface area contributed by atoms with Gasteiger partial charge in [-0.1, -0.05) is 18.2 Å². The van der Waals surface area contributed by atoms with Gasteiger partial charge >= 0.3 is 0 Å². The second-order valence-corrected chi connectivity index (χ2v) is 8.16. The number of hydrogen-bond donors (Lipinski definition) is 2. The van der Waals surface area contributed by atoms with Crippen LogP contribution in [0.25, 0.3) is 0 Å². The molecule has 1 saturated heterocycles. The number of carbonyl (C=O) groups excluding carboxylic acids is 1. The van der Waals surface area contributed by atoms with E-state index in [1.807, 2.05) is 11.0 Å². The van der Waals surface area contributed by atoms with E-state index in [-0.39, 0.29) is 17.0 Å². The zero-order valence-electron chi connectivity index (χ0n) is 16.3.